The summed E-state index contributed by atoms with van der Waals surface area (Å²) in [7, 11) is -2.53. The molecule has 0 saturated carbocycles. The third kappa shape index (κ3) is 3.31. The van der Waals surface area contributed by atoms with Gasteiger partial charge in [0.25, 0.3) is 0 Å². The lowest BCUT2D eigenvalue weighted by atomic mass is 10.2. The number of rotatable bonds is 2. The zero-order chi connectivity index (χ0) is 9.90. The van der Waals surface area contributed by atoms with Crippen molar-refractivity contribution in [2.45, 2.75) is 0 Å². The van der Waals surface area contributed by atoms with Crippen LogP contribution in [0, 0.1) is 11.3 Å². The fraction of sp³-hybridized carbons (Fsp3) is 0.222. The first-order chi connectivity index (χ1) is 6.01. The van der Waals surface area contributed by atoms with Crippen molar-refractivity contribution < 1.29 is 9.09 Å². The highest BCUT2D eigenvalue weighted by atomic mass is 31.2. The van der Waals surface area contributed by atoms with Gasteiger partial charge in [-0.1, -0.05) is 6.07 Å². The van der Waals surface area contributed by atoms with Crippen molar-refractivity contribution in [3.8, 4) is 11.8 Å². The van der Waals surface area contributed by atoms with E-state index in [-0.39, 0.29) is 0 Å². The zero-order valence-electron chi connectivity index (χ0n) is 7.52. The molecule has 1 rings (SSSR count). The summed E-state index contributed by atoms with van der Waals surface area (Å²) in [6.07, 6.45) is 0. The fourth-order valence-electron chi connectivity index (χ4n) is 0.876. The number of nitrogens with zero attached hydrogens (tertiary/aromatic N) is 1. The lowest BCUT2D eigenvalue weighted by molar-refractivity contribution is 0.494. The molecule has 0 spiro atoms. The monoisotopic (exact) mass is 195 g/mol. The summed E-state index contributed by atoms with van der Waals surface area (Å²) in [5.74, 6) is 0.479. The third-order valence-electron chi connectivity index (χ3n) is 1.29. The van der Waals surface area contributed by atoms with Crippen molar-refractivity contribution in [2.75, 3.05) is 13.3 Å². The van der Waals surface area contributed by atoms with Crippen LogP contribution < -0.4 is 4.52 Å². The van der Waals surface area contributed by atoms with E-state index in [4.69, 9.17) is 9.79 Å². The van der Waals surface area contributed by atoms with Crippen molar-refractivity contribution >= 4 is 7.37 Å². The molecule has 0 fully saturated rings. The van der Waals surface area contributed by atoms with Gasteiger partial charge in [0.05, 0.1) is 11.6 Å². The number of nitriles is 1. The molecule has 13 heavy (non-hydrogen) atoms. The fourth-order valence-corrected chi connectivity index (χ4v) is 1.50. The van der Waals surface area contributed by atoms with Crippen LogP contribution >= 0.6 is 7.37 Å². The molecule has 3 nitrogen and oxygen atoms in total. The average molecular weight is 195 g/mol. The van der Waals surface area contributed by atoms with Gasteiger partial charge in [0.2, 0.25) is 7.37 Å². The van der Waals surface area contributed by atoms with Crippen LogP contribution in [0.25, 0.3) is 0 Å². The number of hydrogen-bond donors (Lipinski definition) is 0. The van der Waals surface area contributed by atoms with E-state index in [1.54, 1.807) is 24.3 Å². The van der Waals surface area contributed by atoms with Gasteiger partial charge in [-0.2, -0.15) is 5.26 Å². The first-order valence-electron chi connectivity index (χ1n) is 3.76. The van der Waals surface area contributed by atoms with Crippen molar-refractivity contribution in [1.29, 1.82) is 5.26 Å². The minimum atomic E-state index is -2.53. The Morgan fingerprint density at radius 1 is 1.46 bits per heavy atom. The molecular weight excluding hydrogens is 185 g/mol. The van der Waals surface area contributed by atoms with Crippen LogP contribution in [0.4, 0.5) is 0 Å². The summed E-state index contributed by atoms with van der Waals surface area (Å²) in [5.41, 5.74) is 0.506. The van der Waals surface area contributed by atoms with Crippen LogP contribution in [0.15, 0.2) is 24.3 Å². The predicted octanol–water partition coefficient (Wildman–Crippen LogP) is 2.47. The molecule has 0 heterocycles. The molecule has 0 atom stereocenters. The van der Waals surface area contributed by atoms with Gasteiger partial charge in [0.1, 0.15) is 5.75 Å². The molecule has 0 unspecified atom stereocenters. The van der Waals surface area contributed by atoms with Gasteiger partial charge in [-0.3, -0.25) is 4.57 Å². The maximum Gasteiger partial charge on any atom is 0.242 e. The average Bonchev–Trinajstić information content (AvgIpc) is 2.01. The highest BCUT2D eigenvalue weighted by Crippen LogP contribution is 2.38. The van der Waals surface area contributed by atoms with Gasteiger partial charge in [0.15, 0.2) is 0 Å². The van der Waals surface area contributed by atoms with E-state index < -0.39 is 7.37 Å². The van der Waals surface area contributed by atoms with Crippen molar-refractivity contribution in [3.63, 3.8) is 0 Å². The van der Waals surface area contributed by atoms with E-state index in [9.17, 15) is 4.57 Å². The van der Waals surface area contributed by atoms with E-state index in [0.29, 0.717) is 11.3 Å². The van der Waals surface area contributed by atoms with Crippen LogP contribution in [-0.4, -0.2) is 13.3 Å². The van der Waals surface area contributed by atoms with E-state index in [2.05, 4.69) is 0 Å². The van der Waals surface area contributed by atoms with Crippen LogP contribution in [0.1, 0.15) is 5.56 Å². The highest BCUT2D eigenvalue weighted by molar-refractivity contribution is 7.57. The number of benzene rings is 1. The van der Waals surface area contributed by atoms with Gasteiger partial charge in [-0.25, -0.2) is 0 Å². The molecule has 0 bridgehead atoms. The molecule has 0 aliphatic carbocycles. The van der Waals surface area contributed by atoms with Crippen LogP contribution in [0.5, 0.6) is 5.75 Å². The Bertz CT molecular complexity index is 389. The Labute approximate surface area is 77.4 Å². The van der Waals surface area contributed by atoms with Gasteiger partial charge >= 0.3 is 0 Å². The molecule has 0 saturated heterocycles. The largest absolute Gasteiger partial charge is 0.443 e. The summed E-state index contributed by atoms with van der Waals surface area (Å²) >= 11 is 0. The molecule has 1 aromatic rings. The minimum absolute atomic E-state index is 0.479. The molecule has 0 radical (unpaired) electrons. The first-order valence-corrected chi connectivity index (χ1v) is 6.28. The van der Waals surface area contributed by atoms with Crippen LogP contribution in [0.2, 0.25) is 0 Å². The maximum absolute atomic E-state index is 11.3. The van der Waals surface area contributed by atoms with E-state index >= 15 is 0 Å². The number of hydrogen-bond acceptors (Lipinski definition) is 3. The standard InChI is InChI=1S/C9H10NO2P/c1-13(2,11)12-9-5-3-4-8(6-9)7-10/h3-6H,1-2H3. The molecular formula is C9H10NO2P. The van der Waals surface area contributed by atoms with Gasteiger partial charge in [-0.05, 0) is 18.2 Å². The molecule has 1 aromatic carbocycles. The molecule has 68 valence electrons. The Kier molecular flexibility index (Phi) is 2.75. The van der Waals surface area contributed by atoms with Crippen molar-refractivity contribution in [2.24, 2.45) is 0 Å². The quantitative estimate of drug-likeness (QED) is 0.681. The molecule has 0 aliphatic rings. The lowest BCUT2D eigenvalue weighted by Crippen LogP contribution is -1.88. The summed E-state index contributed by atoms with van der Waals surface area (Å²) in [4.78, 5) is 0. The van der Waals surface area contributed by atoms with E-state index in [1.165, 1.54) is 13.3 Å². The Balaban J connectivity index is 2.92. The van der Waals surface area contributed by atoms with Gasteiger partial charge in [-0.15, -0.1) is 0 Å². The Morgan fingerprint density at radius 3 is 2.69 bits per heavy atom. The van der Waals surface area contributed by atoms with Gasteiger partial charge < -0.3 is 4.52 Å². The van der Waals surface area contributed by atoms with Gasteiger partial charge in [0, 0.05) is 13.3 Å². The second-order valence-electron chi connectivity index (χ2n) is 2.98. The molecule has 0 aromatic heterocycles. The van der Waals surface area contributed by atoms with E-state index in [1.807, 2.05) is 6.07 Å². The summed E-state index contributed by atoms with van der Waals surface area (Å²) < 4.78 is 16.4. The molecule has 0 aliphatic heterocycles. The second-order valence-corrected chi connectivity index (χ2v) is 5.67. The Morgan fingerprint density at radius 2 is 2.15 bits per heavy atom. The predicted molar refractivity (Wildman–Crippen MR) is 51.2 cm³/mol. The normalized spacial score (nSPS) is 10.5. The molecule has 0 amide bonds. The van der Waals surface area contributed by atoms with Crippen LogP contribution in [-0.2, 0) is 4.57 Å². The lowest BCUT2D eigenvalue weighted by Gasteiger charge is -2.09. The topological polar surface area (TPSA) is 50.1 Å². The molecule has 0 N–H and O–H groups in total. The summed E-state index contributed by atoms with van der Waals surface area (Å²) in [6.45, 7) is 3.07. The zero-order valence-corrected chi connectivity index (χ0v) is 8.41. The maximum atomic E-state index is 11.3. The first kappa shape index (κ1) is 9.83. The minimum Gasteiger partial charge on any atom is -0.443 e. The summed E-state index contributed by atoms with van der Waals surface area (Å²) in [6, 6.07) is 8.60. The van der Waals surface area contributed by atoms with Crippen LogP contribution in [0.3, 0.4) is 0 Å². The summed E-state index contributed by atoms with van der Waals surface area (Å²) in [5, 5.41) is 8.59. The van der Waals surface area contributed by atoms with Crippen molar-refractivity contribution in [3.05, 3.63) is 29.8 Å². The highest BCUT2D eigenvalue weighted by Gasteiger charge is 2.08. The second kappa shape index (κ2) is 3.64. The SMILES string of the molecule is CP(C)(=O)Oc1cccc(C#N)c1. The Hall–Kier alpha value is -1.26. The van der Waals surface area contributed by atoms with E-state index in [0.717, 1.165) is 0 Å². The smallest absolute Gasteiger partial charge is 0.242 e. The van der Waals surface area contributed by atoms with Crippen molar-refractivity contribution in [1.82, 2.24) is 0 Å². The third-order valence-corrected chi connectivity index (χ3v) is 1.94. The molecule has 4 heteroatoms.